The van der Waals surface area contributed by atoms with E-state index in [0.29, 0.717) is 19.3 Å². The molecule has 0 fully saturated rings. The van der Waals surface area contributed by atoms with Crippen molar-refractivity contribution in [2.45, 2.75) is 257 Å². The summed E-state index contributed by atoms with van der Waals surface area (Å²) in [5.41, 5.74) is 0. The van der Waals surface area contributed by atoms with E-state index in [4.69, 9.17) is 32.3 Å². The second-order valence-electron chi connectivity index (χ2n) is 20.1. The van der Waals surface area contributed by atoms with Crippen molar-refractivity contribution in [2.75, 3.05) is 39.6 Å². The molecule has 0 saturated carbocycles. The molecule has 0 aromatic rings. The smallest absolute Gasteiger partial charge is 0.463 e. The van der Waals surface area contributed by atoms with Gasteiger partial charge in [-0.25, -0.2) is 9.13 Å². The molecule has 5 atom stereocenters. The van der Waals surface area contributed by atoms with Gasteiger partial charge in [0.25, 0.3) is 0 Å². The number of ether oxygens (including phenoxy) is 3. The Labute approximate surface area is 477 Å². The molecule has 0 amide bonds. The van der Waals surface area contributed by atoms with E-state index < -0.39 is 91.5 Å². The zero-order valence-corrected chi connectivity index (χ0v) is 50.8. The molecule has 0 saturated heterocycles. The van der Waals surface area contributed by atoms with E-state index in [-0.39, 0.29) is 19.3 Å². The van der Waals surface area contributed by atoms with Crippen LogP contribution in [0.3, 0.4) is 0 Å². The molecule has 5 unspecified atom stereocenters. The lowest BCUT2D eigenvalue weighted by molar-refractivity contribution is -0.161. The van der Waals surface area contributed by atoms with Gasteiger partial charge < -0.3 is 34.2 Å². The van der Waals surface area contributed by atoms with Gasteiger partial charge in [0.05, 0.1) is 26.4 Å². The SMILES string of the molecule is CC/C=C\C/C=C\C/C=C\C/C=C\CCCCCCCCC(=O)OCC(O)COP(=O)(O)OCC(O)COP(=O)(O)OCC(COC(=O)CCCCCCC/C=C\C/C=C\CCC)OC(=O)CCCCCCCCCCCCC. The van der Waals surface area contributed by atoms with Gasteiger partial charge in [0.2, 0.25) is 0 Å². The molecular weight excluding hydrogens is 1050 g/mol. The maximum absolute atomic E-state index is 12.8. The zero-order chi connectivity index (χ0) is 58.2. The van der Waals surface area contributed by atoms with Crippen LogP contribution in [-0.2, 0) is 55.8 Å². The average molecular weight is 1160 g/mol. The van der Waals surface area contributed by atoms with Crippen LogP contribution >= 0.6 is 15.6 Å². The number of aliphatic hydroxyl groups is 2. The molecular formula is C61H108O16P2. The fourth-order valence-electron chi connectivity index (χ4n) is 7.77. The Bertz CT molecular complexity index is 1750. The molecule has 0 rings (SSSR count). The lowest BCUT2D eigenvalue weighted by Gasteiger charge is -2.21. The number of carbonyl (C=O) groups is 3. The van der Waals surface area contributed by atoms with Crippen molar-refractivity contribution in [1.82, 2.24) is 0 Å². The minimum atomic E-state index is -4.91. The average Bonchev–Trinajstić information content (AvgIpc) is 3.42. The fraction of sp³-hybridized carbons (Fsp3) is 0.754. The molecule has 0 aliphatic rings. The number of hydrogen-bond acceptors (Lipinski definition) is 14. The Morgan fingerprint density at radius 3 is 1.11 bits per heavy atom. The van der Waals surface area contributed by atoms with Gasteiger partial charge in [0, 0.05) is 19.3 Å². The Morgan fingerprint density at radius 1 is 0.367 bits per heavy atom. The van der Waals surface area contributed by atoms with E-state index in [1.54, 1.807) is 0 Å². The first-order chi connectivity index (χ1) is 38.2. The summed E-state index contributed by atoms with van der Waals surface area (Å²) in [5.74, 6) is -1.60. The second-order valence-corrected chi connectivity index (χ2v) is 23.0. The summed E-state index contributed by atoms with van der Waals surface area (Å²) in [6, 6.07) is 0. The Balaban J connectivity index is 4.60. The summed E-state index contributed by atoms with van der Waals surface area (Å²) in [6.45, 7) is 2.43. The van der Waals surface area contributed by atoms with Gasteiger partial charge in [-0.3, -0.25) is 32.5 Å². The highest BCUT2D eigenvalue weighted by Crippen LogP contribution is 2.45. The molecule has 0 aromatic carbocycles. The van der Waals surface area contributed by atoms with Crippen LogP contribution in [-0.4, -0.2) is 95.9 Å². The molecule has 0 aliphatic carbocycles. The summed E-state index contributed by atoms with van der Waals surface area (Å²) >= 11 is 0. The standard InChI is InChI=1S/C61H108O16P2/c1-4-7-10-13-16-19-22-24-25-26-27-28-29-31-34-35-38-41-44-47-59(64)71-50-56(62)51-73-78(67,68)74-52-57(63)53-75-79(69,70)76-55-58(77-61(66)49-46-43-40-37-32-21-18-15-12-9-6-3)54-72-60(65)48-45-42-39-36-33-30-23-20-17-14-11-8-5-2/h7,10-11,14,16,19-20,23-25,27-28,56-58,62-63H,4-6,8-9,12-13,15,17-18,21-22,26,29-55H2,1-3H3,(H,67,68)(H,69,70)/b10-7-,14-11-,19-16-,23-20-,25-24-,28-27-. The van der Waals surface area contributed by atoms with E-state index >= 15 is 0 Å². The van der Waals surface area contributed by atoms with Gasteiger partial charge in [-0.1, -0.05) is 209 Å². The Morgan fingerprint density at radius 2 is 0.696 bits per heavy atom. The third-order valence-corrected chi connectivity index (χ3v) is 14.3. The van der Waals surface area contributed by atoms with Gasteiger partial charge >= 0.3 is 33.6 Å². The first-order valence-electron chi connectivity index (χ1n) is 30.2. The van der Waals surface area contributed by atoms with Crippen LogP contribution in [0.4, 0.5) is 0 Å². The summed E-state index contributed by atoms with van der Waals surface area (Å²) in [6.07, 6.45) is 54.0. The fourth-order valence-corrected chi connectivity index (χ4v) is 9.36. The van der Waals surface area contributed by atoms with Crippen LogP contribution in [0.1, 0.15) is 239 Å². The summed E-state index contributed by atoms with van der Waals surface area (Å²) in [4.78, 5) is 58.0. The Kier molecular flexibility index (Phi) is 53.4. The normalized spacial score (nSPS) is 15.0. The minimum absolute atomic E-state index is 0.105. The number of rotatable bonds is 57. The minimum Gasteiger partial charge on any atom is -0.463 e. The molecule has 79 heavy (non-hydrogen) atoms. The summed E-state index contributed by atoms with van der Waals surface area (Å²) in [5, 5.41) is 20.4. The molecule has 4 N–H and O–H groups in total. The topological polar surface area (TPSA) is 231 Å². The van der Waals surface area contributed by atoms with Crippen molar-refractivity contribution in [2.24, 2.45) is 0 Å². The number of unbranched alkanes of at least 4 members (excludes halogenated alkanes) is 22. The molecule has 0 heterocycles. The highest BCUT2D eigenvalue weighted by molar-refractivity contribution is 7.47. The molecule has 0 spiro atoms. The number of aliphatic hydroxyl groups excluding tert-OH is 2. The molecule has 0 radical (unpaired) electrons. The van der Waals surface area contributed by atoms with Crippen LogP contribution in [0.25, 0.3) is 0 Å². The highest BCUT2D eigenvalue weighted by atomic mass is 31.2. The Hall–Kier alpha value is -3.01. The van der Waals surface area contributed by atoms with Crippen LogP contribution < -0.4 is 0 Å². The first-order valence-corrected chi connectivity index (χ1v) is 33.2. The lowest BCUT2D eigenvalue weighted by Crippen LogP contribution is -2.30. The maximum atomic E-state index is 12.8. The number of carbonyl (C=O) groups excluding carboxylic acids is 3. The van der Waals surface area contributed by atoms with E-state index in [0.717, 1.165) is 141 Å². The number of hydrogen-bond donors (Lipinski definition) is 4. The van der Waals surface area contributed by atoms with E-state index in [1.165, 1.54) is 38.5 Å². The first kappa shape index (κ1) is 76.0. The van der Waals surface area contributed by atoms with Crippen LogP contribution in [0.15, 0.2) is 72.9 Å². The number of esters is 3. The largest absolute Gasteiger partial charge is 0.472 e. The summed E-state index contributed by atoms with van der Waals surface area (Å²) in [7, 11) is -9.76. The van der Waals surface area contributed by atoms with Crippen molar-refractivity contribution in [3.05, 3.63) is 72.9 Å². The predicted octanol–water partition coefficient (Wildman–Crippen LogP) is 15.6. The summed E-state index contributed by atoms with van der Waals surface area (Å²) < 4.78 is 60.5. The molecule has 18 heteroatoms. The number of allylic oxidation sites excluding steroid dienone is 12. The van der Waals surface area contributed by atoms with Gasteiger partial charge in [-0.2, -0.15) is 0 Å². The van der Waals surface area contributed by atoms with Gasteiger partial charge in [0.15, 0.2) is 6.10 Å². The number of phosphoric ester groups is 2. The molecule has 0 aromatic heterocycles. The molecule has 0 aliphatic heterocycles. The van der Waals surface area contributed by atoms with E-state index in [1.807, 2.05) is 0 Å². The maximum Gasteiger partial charge on any atom is 0.472 e. The third-order valence-electron chi connectivity index (χ3n) is 12.4. The monoisotopic (exact) mass is 1160 g/mol. The van der Waals surface area contributed by atoms with E-state index in [9.17, 15) is 43.5 Å². The van der Waals surface area contributed by atoms with Crippen molar-refractivity contribution >= 4 is 33.6 Å². The van der Waals surface area contributed by atoms with Crippen molar-refractivity contribution < 1.29 is 75.8 Å². The highest BCUT2D eigenvalue weighted by Gasteiger charge is 2.29. The van der Waals surface area contributed by atoms with Gasteiger partial charge in [-0.15, -0.1) is 0 Å². The molecule has 16 nitrogen and oxygen atoms in total. The van der Waals surface area contributed by atoms with Gasteiger partial charge in [0.1, 0.15) is 25.4 Å². The lowest BCUT2D eigenvalue weighted by atomic mass is 10.1. The third kappa shape index (κ3) is 56.6. The van der Waals surface area contributed by atoms with Crippen molar-refractivity contribution in [3.8, 4) is 0 Å². The molecule has 0 bridgehead atoms. The molecule has 458 valence electrons. The second kappa shape index (κ2) is 55.5. The van der Waals surface area contributed by atoms with Crippen LogP contribution in [0.5, 0.6) is 0 Å². The van der Waals surface area contributed by atoms with Crippen molar-refractivity contribution in [3.63, 3.8) is 0 Å². The predicted molar refractivity (Wildman–Crippen MR) is 316 cm³/mol. The van der Waals surface area contributed by atoms with E-state index in [2.05, 4.69) is 93.7 Å². The zero-order valence-electron chi connectivity index (χ0n) is 49.0. The van der Waals surface area contributed by atoms with Crippen LogP contribution in [0, 0.1) is 0 Å². The number of phosphoric acid groups is 2. The van der Waals surface area contributed by atoms with Crippen molar-refractivity contribution in [1.29, 1.82) is 0 Å². The quantitative estimate of drug-likeness (QED) is 0.0146. The van der Waals surface area contributed by atoms with Gasteiger partial charge in [-0.05, 0) is 83.5 Å². The van der Waals surface area contributed by atoms with Crippen LogP contribution in [0.2, 0.25) is 0 Å².